The SMILES string of the molecule is COc1ccc(C)cc1CC(=O)OCc1nnc(-c2ccc([N+](=O)[O-])cc2)o1. The van der Waals surface area contributed by atoms with Crippen molar-refractivity contribution in [2.45, 2.75) is 20.0 Å². The average Bonchev–Trinajstić information content (AvgIpc) is 3.16. The molecular weight excluding hydrogens is 366 g/mol. The van der Waals surface area contributed by atoms with Crippen molar-refractivity contribution in [1.29, 1.82) is 0 Å². The Hall–Kier alpha value is -3.75. The van der Waals surface area contributed by atoms with Gasteiger partial charge in [-0.05, 0) is 25.1 Å². The van der Waals surface area contributed by atoms with Crippen LogP contribution in [0.2, 0.25) is 0 Å². The third kappa shape index (κ3) is 4.50. The quantitative estimate of drug-likeness (QED) is 0.347. The van der Waals surface area contributed by atoms with Crippen LogP contribution in [0.15, 0.2) is 46.9 Å². The molecular formula is C19H17N3O6. The Morgan fingerprint density at radius 1 is 1.18 bits per heavy atom. The van der Waals surface area contributed by atoms with E-state index in [4.69, 9.17) is 13.9 Å². The summed E-state index contributed by atoms with van der Waals surface area (Å²) in [6.45, 7) is 1.75. The molecule has 144 valence electrons. The van der Waals surface area contributed by atoms with Crippen LogP contribution in [-0.4, -0.2) is 28.2 Å². The van der Waals surface area contributed by atoms with Gasteiger partial charge in [-0.1, -0.05) is 17.7 Å². The zero-order valence-electron chi connectivity index (χ0n) is 15.2. The predicted octanol–water partition coefficient (Wildman–Crippen LogP) is 3.25. The fourth-order valence-electron chi connectivity index (χ4n) is 2.55. The number of nitro benzene ring substituents is 1. The first-order valence-electron chi connectivity index (χ1n) is 8.32. The maximum absolute atomic E-state index is 12.1. The highest BCUT2D eigenvalue weighted by atomic mass is 16.6. The number of esters is 1. The zero-order valence-corrected chi connectivity index (χ0v) is 15.2. The number of carbonyl (C=O) groups excluding carboxylic acids is 1. The summed E-state index contributed by atoms with van der Waals surface area (Å²) in [5, 5.41) is 18.4. The molecule has 1 aromatic heterocycles. The highest BCUT2D eigenvalue weighted by Crippen LogP contribution is 2.22. The molecule has 0 aliphatic carbocycles. The Labute approximate surface area is 160 Å². The van der Waals surface area contributed by atoms with Gasteiger partial charge in [0.1, 0.15) is 5.75 Å². The number of ether oxygens (including phenoxy) is 2. The minimum absolute atomic E-state index is 0.0380. The van der Waals surface area contributed by atoms with Gasteiger partial charge in [-0.25, -0.2) is 0 Å². The minimum atomic E-state index is -0.494. The molecule has 9 nitrogen and oxygen atoms in total. The maximum atomic E-state index is 12.1. The van der Waals surface area contributed by atoms with Crippen molar-refractivity contribution in [2.75, 3.05) is 7.11 Å². The summed E-state index contributed by atoms with van der Waals surface area (Å²) in [4.78, 5) is 22.3. The van der Waals surface area contributed by atoms with Gasteiger partial charge in [0.05, 0.1) is 18.5 Å². The van der Waals surface area contributed by atoms with Crippen LogP contribution >= 0.6 is 0 Å². The van der Waals surface area contributed by atoms with Gasteiger partial charge in [-0.15, -0.1) is 10.2 Å². The zero-order chi connectivity index (χ0) is 20.1. The largest absolute Gasteiger partial charge is 0.496 e. The summed E-state index contributed by atoms with van der Waals surface area (Å²) >= 11 is 0. The smallest absolute Gasteiger partial charge is 0.310 e. The molecule has 0 radical (unpaired) electrons. The Morgan fingerprint density at radius 2 is 1.93 bits per heavy atom. The number of methoxy groups -OCH3 is 1. The van der Waals surface area contributed by atoms with Gasteiger partial charge in [0.25, 0.3) is 11.6 Å². The van der Waals surface area contributed by atoms with E-state index in [1.54, 1.807) is 6.07 Å². The number of nitrogens with zero attached hydrogens (tertiary/aromatic N) is 3. The molecule has 9 heteroatoms. The van der Waals surface area contributed by atoms with E-state index in [1.165, 1.54) is 31.4 Å². The van der Waals surface area contributed by atoms with Crippen LogP contribution in [-0.2, 0) is 22.6 Å². The summed E-state index contributed by atoms with van der Waals surface area (Å²) in [7, 11) is 1.54. The van der Waals surface area contributed by atoms with Crippen molar-refractivity contribution in [1.82, 2.24) is 10.2 Å². The standard InChI is InChI=1S/C19H17N3O6/c1-12-3-8-16(26-2)14(9-12)10-18(23)27-11-17-20-21-19(28-17)13-4-6-15(7-5-13)22(24)25/h3-9H,10-11H2,1-2H3. The molecule has 3 aromatic rings. The summed E-state index contributed by atoms with van der Waals surface area (Å²) in [6.07, 6.45) is 0.0498. The average molecular weight is 383 g/mol. The van der Waals surface area contributed by atoms with Crippen LogP contribution in [0.3, 0.4) is 0 Å². The van der Waals surface area contributed by atoms with Crippen LogP contribution in [0.4, 0.5) is 5.69 Å². The molecule has 0 spiro atoms. The van der Waals surface area contributed by atoms with Gasteiger partial charge in [-0.3, -0.25) is 14.9 Å². The lowest BCUT2D eigenvalue weighted by Gasteiger charge is -2.09. The van der Waals surface area contributed by atoms with Crippen LogP contribution in [0, 0.1) is 17.0 Å². The molecule has 0 atom stereocenters. The number of benzene rings is 2. The molecule has 0 N–H and O–H groups in total. The normalized spacial score (nSPS) is 10.5. The van der Waals surface area contributed by atoms with Crippen LogP contribution < -0.4 is 4.74 Å². The second kappa shape index (κ2) is 8.30. The molecule has 0 fully saturated rings. The number of non-ortho nitro benzene ring substituents is 1. The number of carbonyl (C=O) groups is 1. The van der Waals surface area contributed by atoms with Crippen molar-refractivity contribution in [3.05, 3.63) is 69.6 Å². The molecule has 0 aliphatic heterocycles. The number of aromatic nitrogens is 2. The highest BCUT2D eigenvalue weighted by molar-refractivity contribution is 5.73. The fraction of sp³-hybridized carbons (Fsp3) is 0.211. The topological polar surface area (TPSA) is 118 Å². The Bertz CT molecular complexity index is 997. The number of aryl methyl sites for hydroxylation is 1. The van der Waals surface area contributed by atoms with Gasteiger partial charge in [0.15, 0.2) is 6.61 Å². The van der Waals surface area contributed by atoms with E-state index in [0.717, 1.165) is 11.1 Å². The van der Waals surface area contributed by atoms with E-state index in [9.17, 15) is 14.9 Å². The number of hydrogen-bond donors (Lipinski definition) is 0. The highest BCUT2D eigenvalue weighted by Gasteiger charge is 2.14. The van der Waals surface area contributed by atoms with Crippen molar-refractivity contribution in [3.63, 3.8) is 0 Å². The number of rotatable bonds is 7. The number of hydrogen-bond acceptors (Lipinski definition) is 8. The molecule has 3 rings (SSSR count). The second-order valence-corrected chi connectivity index (χ2v) is 5.96. The third-order valence-electron chi connectivity index (χ3n) is 3.92. The Morgan fingerprint density at radius 3 is 2.61 bits per heavy atom. The number of nitro groups is 1. The van der Waals surface area contributed by atoms with Gasteiger partial charge in [0.2, 0.25) is 5.89 Å². The molecule has 28 heavy (non-hydrogen) atoms. The first-order chi connectivity index (χ1) is 13.5. The van der Waals surface area contributed by atoms with E-state index >= 15 is 0 Å². The van der Waals surface area contributed by atoms with E-state index < -0.39 is 10.9 Å². The second-order valence-electron chi connectivity index (χ2n) is 5.96. The summed E-state index contributed by atoms with van der Waals surface area (Å²) in [6, 6.07) is 11.2. The third-order valence-corrected chi connectivity index (χ3v) is 3.92. The lowest BCUT2D eigenvalue weighted by atomic mass is 10.1. The monoisotopic (exact) mass is 383 g/mol. The molecule has 0 unspecified atom stereocenters. The van der Waals surface area contributed by atoms with Crippen LogP contribution in [0.5, 0.6) is 5.75 Å². The van der Waals surface area contributed by atoms with E-state index in [1.807, 2.05) is 19.1 Å². The van der Waals surface area contributed by atoms with E-state index in [-0.39, 0.29) is 30.5 Å². The first kappa shape index (κ1) is 19.0. The Kier molecular flexibility index (Phi) is 5.64. The molecule has 2 aromatic carbocycles. The van der Waals surface area contributed by atoms with E-state index in [2.05, 4.69) is 10.2 Å². The molecule has 0 amide bonds. The van der Waals surface area contributed by atoms with E-state index in [0.29, 0.717) is 11.3 Å². The van der Waals surface area contributed by atoms with Crippen molar-refractivity contribution in [3.8, 4) is 17.2 Å². The van der Waals surface area contributed by atoms with Gasteiger partial charge in [0, 0.05) is 23.3 Å². The van der Waals surface area contributed by atoms with Gasteiger partial charge < -0.3 is 13.9 Å². The van der Waals surface area contributed by atoms with Crippen molar-refractivity contribution >= 4 is 11.7 Å². The predicted molar refractivity (Wildman–Crippen MR) is 97.6 cm³/mol. The molecule has 0 saturated heterocycles. The summed E-state index contributed by atoms with van der Waals surface area (Å²) in [5.74, 6) is 0.457. The molecule has 0 bridgehead atoms. The lowest BCUT2D eigenvalue weighted by molar-refractivity contribution is -0.384. The first-order valence-corrected chi connectivity index (χ1v) is 8.32. The lowest BCUT2D eigenvalue weighted by Crippen LogP contribution is -2.09. The maximum Gasteiger partial charge on any atom is 0.310 e. The van der Waals surface area contributed by atoms with Crippen molar-refractivity contribution in [2.24, 2.45) is 0 Å². The van der Waals surface area contributed by atoms with Crippen LogP contribution in [0.1, 0.15) is 17.0 Å². The fourth-order valence-corrected chi connectivity index (χ4v) is 2.55. The molecule has 1 heterocycles. The summed E-state index contributed by atoms with van der Waals surface area (Å²) < 4.78 is 15.9. The van der Waals surface area contributed by atoms with Crippen molar-refractivity contribution < 1.29 is 23.6 Å². The summed E-state index contributed by atoms with van der Waals surface area (Å²) in [5.41, 5.74) is 2.22. The Balaban J connectivity index is 1.60. The molecule has 0 aliphatic rings. The van der Waals surface area contributed by atoms with Gasteiger partial charge in [-0.2, -0.15) is 0 Å². The molecule has 0 saturated carbocycles. The minimum Gasteiger partial charge on any atom is -0.496 e. The van der Waals surface area contributed by atoms with Gasteiger partial charge >= 0.3 is 5.97 Å². The van der Waals surface area contributed by atoms with Crippen LogP contribution in [0.25, 0.3) is 11.5 Å².